The van der Waals surface area contributed by atoms with Gasteiger partial charge in [0.25, 0.3) is 0 Å². The standard InChI is InChI=1S/C31H25F3N2O3S/c1-30(2,29(37)38)40-24-18-16-23(17-19-24)39-28(20-8-4-3-5-9-20)27-25-10-6-7-11-26(25)36(35-27)22-14-12-21(13-15-22)31(32,33)34/h3-19,28H,1-2H3,(H,37,38). The Balaban J connectivity index is 1.54. The van der Waals surface area contributed by atoms with Gasteiger partial charge in [-0.25, -0.2) is 4.68 Å². The number of ether oxygens (including phenoxy) is 1. The molecule has 0 fully saturated rings. The summed E-state index contributed by atoms with van der Waals surface area (Å²) in [5.41, 5.74) is 1.93. The quantitative estimate of drug-likeness (QED) is 0.193. The first-order valence-corrected chi connectivity index (χ1v) is 13.2. The number of carbonyl (C=O) groups is 1. The lowest BCUT2D eigenvalue weighted by atomic mass is 10.0. The van der Waals surface area contributed by atoms with Crippen molar-refractivity contribution in [1.29, 1.82) is 0 Å². The number of halogens is 3. The summed E-state index contributed by atoms with van der Waals surface area (Å²) in [4.78, 5) is 12.3. The van der Waals surface area contributed by atoms with Gasteiger partial charge >= 0.3 is 12.1 Å². The molecule has 0 saturated heterocycles. The zero-order valence-electron chi connectivity index (χ0n) is 21.6. The van der Waals surface area contributed by atoms with Crippen molar-refractivity contribution in [2.75, 3.05) is 0 Å². The molecule has 1 N–H and O–H groups in total. The third-order valence-electron chi connectivity index (χ3n) is 6.37. The molecule has 204 valence electrons. The van der Waals surface area contributed by atoms with Crippen LogP contribution >= 0.6 is 11.8 Å². The molecule has 5 rings (SSSR count). The number of para-hydroxylation sites is 1. The summed E-state index contributed by atoms with van der Waals surface area (Å²) in [6.45, 7) is 3.29. The van der Waals surface area contributed by atoms with Gasteiger partial charge in [0.1, 0.15) is 16.2 Å². The molecule has 1 atom stereocenters. The van der Waals surface area contributed by atoms with Crippen molar-refractivity contribution in [3.63, 3.8) is 0 Å². The zero-order chi connectivity index (χ0) is 28.5. The van der Waals surface area contributed by atoms with Gasteiger partial charge in [0.05, 0.1) is 16.8 Å². The van der Waals surface area contributed by atoms with Crippen molar-refractivity contribution in [2.24, 2.45) is 0 Å². The van der Waals surface area contributed by atoms with Crippen LogP contribution in [0.1, 0.15) is 36.8 Å². The number of alkyl halides is 3. The SMILES string of the molecule is CC(C)(Sc1ccc(OC(c2ccccc2)c2nn(-c3ccc(C(F)(F)F)cc3)c3ccccc23)cc1)C(=O)O. The summed E-state index contributed by atoms with van der Waals surface area (Å²) < 4.78 is 46.6. The zero-order valence-corrected chi connectivity index (χ0v) is 22.4. The van der Waals surface area contributed by atoms with E-state index >= 15 is 0 Å². The number of carboxylic acid groups (broad SMARTS) is 1. The van der Waals surface area contributed by atoms with E-state index in [4.69, 9.17) is 9.84 Å². The summed E-state index contributed by atoms with van der Waals surface area (Å²) in [6.07, 6.45) is -5.06. The average molecular weight is 563 g/mol. The molecule has 5 nitrogen and oxygen atoms in total. The Labute approximate surface area is 233 Å². The van der Waals surface area contributed by atoms with Crippen molar-refractivity contribution < 1.29 is 27.8 Å². The Morgan fingerprint density at radius 2 is 1.50 bits per heavy atom. The van der Waals surface area contributed by atoms with Crippen LogP contribution in [0.2, 0.25) is 0 Å². The minimum Gasteiger partial charge on any atom is -0.480 e. The smallest absolute Gasteiger partial charge is 0.416 e. The number of hydrogen-bond donors (Lipinski definition) is 1. The van der Waals surface area contributed by atoms with Crippen LogP contribution in [0.5, 0.6) is 5.75 Å². The van der Waals surface area contributed by atoms with Gasteiger partial charge in [0.15, 0.2) is 6.10 Å². The Morgan fingerprint density at radius 3 is 2.12 bits per heavy atom. The number of aromatic nitrogens is 2. The van der Waals surface area contributed by atoms with Crippen LogP contribution < -0.4 is 4.74 Å². The Morgan fingerprint density at radius 1 is 0.875 bits per heavy atom. The molecule has 0 aliphatic rings. The molecule has 1 aromatic heterocycles. The lowest BCUT2D eigenvalue weighted by molar-refractivity contribution is -0.139. The van der Waals surface area contributed by atoms with Crippen molar-refractivity contribution >= 4 is 28.6 Å². The van der Waals surface area contributed by atoms with Crippen LogP contribution in [0, 0.1) is 0 Å². The average Bonchev–Trinajstić information content (AvgIpc) is 3.32. The first kappa shape index (κ1) is 27.3. The highest BCUT2D eigenvalue weighted by atomic mass is 32.2. The Hall–Kier alpha value is -4.24. The summed E-state index contributed by atoms with van der Waals surface area (Å²) in [5, 5.41) is 15.1. The molecule has 40 heavy (non-hydrogen) atoms. The van der Waals surface area contributed by atoms with E-state index in [1.807, 2.05) is 66.7 Å². The van der Waals surface area contributed by atoms with E-state index in [0.717, 1.165) is 33.5 Å². The molecular weight excluding hydrogens is 537 g/mol. The van der Waals surface area contributed by atoms with E-state index < -0.39 is 28.6 Å². The number of carboxylic acids is 1. The van der Waals surface area contributed by atoms with Crippen LogP contribution in [0.4, 0.5) is 13.2 Å². The minimum absolute atomic E-state index is 0.490. The van der Waals surface area contributed by atoms with Gasteiger partial charge < -0.3 is 9.84 Å². The van der Waals surface area contributed by atoms with Gasteiger partial charge in [-0.3, -0.25) is 4.79 Å². The molecule has 1 heterocycles. The fraction of sp³-hybridized carbons (Fsp3) is 0.161. The van der Waals surface area contributed by atoms with Crippen molar-refractivity contribution in [1.82, 2.24) is 9.78 Å². The molecule has 0 amide bonds. The fourth-order valence-corrected chi connectivity index (χ4v) is 5.19. The second-order valence-corrected chi connectivity index (χ2v) is 11.4. The molecule has 0 aliphatic heterocycles. The first-order valence-electron chi connectivity index (χ1n) is 12.4. The number of fused-ring (bicyclic) bond motifs is 1. The van der Waals surface area contributed by atoms with Crippen LogP contribution in [0.3, 0.4) is 0 Å². The topological polar surface area (TPSA) is 64.4 Å². The van der Waals surface area contributed by atoms with Crippen molar-refractivity contribution in [3.05, 3.63) is 120 Å². The summed E-state index contributed by atoms with van der Waals surface area (Å²) >= 11 is 1.24. The second kappa shape index (κ2) is 10.7. The fourth-order valence-electron chi connectivity index (χ4n) is 4.24. The number of nitrogens with zero attached hydrogens (tertiary/aromatic N) is 2. The van der Waals surface area contributed by atoms with E-state index in [-0.39, 0.29) is 0 Å². The number of rotatable bonds is 8. The molecule has 0 spiro atoms. The van der Waals surface area contributed by atoms with Crippen molar-refractivity contribution in [2.45, 2.75) is 35.8 Å². The summed E-state index contributed by atoms with van der Waals surface area (Å²) in [6, 6.07) is 29.1. The molecule has 0 radical (unpaired) electrons. The number of hydrogen-bond acceptors (Lipinski definition) is 4. The second-order valence-electron chi connectivity index (χ2n) is 9.66. The monoisotopic (exact) mass is 562 g/mol. The van der Waals surface area contributed by atoms with Gasteiger partial charge in [-0.15, -0.1) is 11.8 Å². The molecule has 0 aliphatic carbocycles. The highest BCUT2D eigenvalue weighted by molar-refractivity contribution is 8.01. The van der Waals surface area contributed by atoms with Gasteiger partial charge in [-0.2, -0.15) is 18.3 Å². The van der Waals surface area contributed by atoms with Crippen molar-refractivity contribution in [3.8, 4) is 11.4 Å². The lowest BCUT2D eigenvalue weighted by Gasteiger charge is -2.20. The van der Waals surface area contributed by atoms with E-state index in [0.29, 0.717) is 17.1 Å². The predicted molar refractivity (Wildman–Crippen MR) is 149 cm³/mol. The van der Waals surface area contributed by atoms with Gasteiger partial charge in [-0.1, -0.05) is 48.5 Å². The number of benzene rings is 4. The predicted octanol–water partition coefficient (Wildman–Crippen LogP) is 8.17. The van der Waals surface area contributed by atoms with Gasteiger partial charge in [0, 0.05) is 10.3 Å². The molecule has 0 saturated carbocycles. The third-order valence-corrected chi connectivity index (χ3v) is 7.56. The van der Waals surface area contributed by atoms with Gasteiger partial charge in [0.2, 0.25) is 0 Å². The molecule has 1 unspecified atom stereocenters. The molecule has 9 heteroatoms. The van der Waals surface area contributed by atoms with Crippen LogP contribution in [0.25, 0.3) is 16.6 Å². The normalized spacial score (nSPS) is 12.8. The van der Waals surface area contributed by atoms with E-state index in [1.54, 1.807) is 30.7 Å². The summed E-state index contributed by atoms with van der Waals surface area (Å²) in [5.74, 6) is -0.350. The highest BCUT2D eigenvalue weighted by Gasteiger charge is 2.31. The maximum absolute atomic E-state index is 13.2. The maximum Gasteiger partial charge on any atom is 0.416 e. The molecular formula is C31H25F3N2O3S. The highest BCUT2D eigenvalue weighted by Crippen LogP contribution is 2.37. The molecule has 0 bridgehead atoms. The maximum atomic E-state index is 13.2. The number of aliphatic carboxylic acids is 1. The van der Waals surface area contributed by atoms with E-state index in [9.17, 15) is 23.1 Å². The van der Waals surface area contributed by atoms with Gasteiger partial charge in [-0.05, 0) is 74.0 Å². The Kier molecular flexibility index (Phi) is 7.33. The van der Waals surface area contributed by atoms with E-state index in [2.05, 4.69) is 0 Å². The summed E-state index contributed by atoms with van der Waals surface area (Å²) in [7, 11) is 0. The molecule has 5 aromatic rings. The number of thioether (sulfide) groups is 1. The third kappa shape index (κ3) is 5.70. The van der Waals surface area contributed by atoms with Crippen LogP contribution in [0.15, 0.2) is 108 Å². The van der Waals surface area contributed by atoms with Crippen LogP contribution in [-0.4, -0.2) is 25.6 Å². The first-order chi connectivity index (χ1) is 19.0. The molecule has 4 aromatic carbocycles. The van der Waals surface area contributed by atoms with Crippen LogP contribution in [-0.2, 0) is 11.0 Å². The lowest BCUT2D eigenvalue weighted by Crippen LogP contribution is -2.26. The largest absolute Gasteiger partial charge is 0.480 e. The van der Waals surface area contributed by atoms with E-state index in [1.165, 1.54) is 23.9 Å². The Bertz CT molecular complexity index is 1630. The minimum atomic E-state index is -4.43.